The molecule has 1 aliphatic heterocycles. The summed E-state index contributed by atoms with van der Waals surface area (Å²) in [6, 6.07) is 10.00. The van der Waals surface area contributed by atoms with E-state index in [4.69, 9.17) is 23.9 Å². The second-order valence-corrected chi connectivity index (χ2v) is 6.97. The molecular formula is C23H31N3O4. The molecule has 2 aromatic rings. The molecule has 7 nitrogen and oxygen atoms in total. The van der Waals surface area contributed by atoms with Gasteiger partial charge >= 0.3 is 0 Å². The van der Waals surface area contributed by atoms with Crippen LogP contribution < -0.4 is 24.3 Å². The van der Waals surface area contributed by atoms with Crippen LogP contribution in [-0.2, 0) is 19.5 Å². The first kappa shape index (κ1) is 21.6. The lowest BCUT2D eigenvalue weighted by Gasteiger charge is -2.32. The summed E-state index contributed by atoms with van der Waals surface area (Å²) >= 11 is 0. The molecule has 0 saturated carbocycles. The number of benzene rings is 2. The van der Waals surface area contributed by atoms with Gasteiger partial charge in [-0.05, 0) is 42.7 Å². The topological polar surface area (TPSA) is 64.6 Å². The van der Waals surface area contributed by atoms with Crippen molar-refractivity contribution in [3.05, 3.63) is 47.0 Å². The summed E-state index contributed by atoms with van der Waals surface area (Å²) in [4.78, 5) is 7.15. The molecule has 0 aromatic heterocycles. The number of methoxy groups -OCH3 is 4. The third kappa shape index (κ3) is 4.56. The molecular weight excluding hydrogens is 382 g/mol. The van der Waals surface area contributed by atoms with Gasteiger partial charge in [-0.1, -0.05) is 12.1 Å². The Morgan fingerprint density at radius 1 is 0.967 bits per heavy atom. The third-order valence-electron chi connectivity index (χ3n) is 5.24. The quantitative estimate of drug-likeness (QED) is 0.555. The number of rotatable bonds is 7. The highest BCUT2D eigenvalue weighted by Crippen LogP contribution is 2.34. The van der Waals surface area contributed by atoms with Crippen LogP contribution in [-0.4, -0.2) is 52.4 Å². The Labute approximate surface area is 178 Å². The Morgan fingerprint density at radius 3 is 2.30 bits per heavy atom. The number of hydrogen-bond acceptors (Lipinski definition) is 5. The van der Waals surface area contributed by atoms with Gasteiger partial charge in [0.15, 0.2) is 29.0 Å². The molecule has 0 radical (unpaired) electrons. The molecule has 0 bridgehead atoms. The van der Waals surface area contributed by atoms with Crippen LogP contribution in [0.4, 0.5) is 0 Å². The predicted octanol–water partition coefficient (Wildman–Crippen LogP) is 3.24. The van der Waals surface area contributed by atoms with Crippen molar-refractivity contribution in [1.82, 2.24) is 10.2 Å². The fourth-order valence-corrected chi connectivity index (χ4v) is 3.73. The van der Waals surface area contributed by atoms with Crippen LogP contribution in [0.3, 0.4) is 0 Å². The summed E-state index contributed by atoms with van der Waals surface area (Å²) < 4.78 is 21.9. The van der Waals surface area contributed by atoms with Crippen LogP contribution in [0, 0.1) is 0 Å². The van der Waals surface area contributed by atoms with Gasteiger partial charge in [0.1, 0.15) is 0 Å². The van der Waals surface area contributed by atoms with Crippen LogP contribution in [0.5, 0.6) is 23.0 Å². The smallest absolute Gasteiger partial charge is 0.194 e. The molecule has 1 aliphatic rings. The van der Waals surface area contributed by atoms with Gasteiger partial charge in [0.05, 0.1) is 35.0 Å². The molecule has 0 saturated heterocycles. The number of hydrogen-bond donors (Lipinski definition) is 1. The van der Waals surface area contributed by atoms with Crippen molar-refractivity contribution in [2.75, 3.05) is 41.5 Å². The first-order valence-electron chi connectivity index (χ1n) is 10.1. The van der Waals surface area contributed by atoms with Gasteiger partial charge in [-0.3, -0.25) is 0 Å². The number of nitrogens with zero attached hydrogens (tertiary/aromatic N) is 2. The lowest BCUT2D eigenvalue weighted by Crippen LogP contribution is -2.44. The van der Waals surface area contributed by atoms with E-state index in [0.29, 0.717) is 12.3 Å². The zero-order chi connectivity index (χ0) is 21.5. The van der Waals surface area contributed by atoms with Crippen molar-refractivity contribution in [1.29, 1.82) is 0 Å². The highest BCUT2D eigenvalue weighted by molar-refractivity contribution is 5.80. The Morgan fingerprint density at radius 2 is 1.67 bits per heavy atom. The lowest BCUT2D eigenvalue weighted by atomic mass is 9.99. The molecule has 0 unspecified atom stereocenters. The van der Waals surface area contributed by atoms with Crippen LogP contribution in [0.15, 0.2) is 35.3 Å². The Kier molecular flexibility index (Phi) is 7.27. The van der Waals surface area contributed by atoms with Gasteiger partial charge in [-0.2, -0.15) is 0 Å². The summed E-state index contributed by atoms with van der Waals surface area (Å²) in [6.07, 6.45) is 0.919. The van der Waals surface area contributed by atoms with Crippen molar-refractivity contribution in [2.24, 2.45) is 4.99 Å². The standard InChI is InChI=1S/C23H31N3O4/c1-6-24-23(25-14-17-8-7-9-19(27-2)22(17)30-5)26-11-10-16-12-20(28-3)21(29-4)13-18(16)15-26/h7-9,12-13H,6,10-11,14-15H2,1-5H3,(H,24,25). The SMILES string of the molecule is CCNC(=NCc1cccc(OC)c1OC)N1CCc2cc(OC)c(OC)cc2C1. The number of ether oxygens (including phenoxy) is 4. The van der Waals surface area contributed by atoms with Crippen molar-refractivity contribution >= 4 is 5.96 Å². The highest BCUT2D eigenvalue weighted by Gasteiger charge is 2.22. The maximum Gasteiger partial charge on any atom is 0.194 e. The van der Waals surface area contributed by atoms with E-state index in [-0.39, 0.29) is 0 Å². The molecule has 0 spiro atoms. The van der Waals surface area contributed by atoms with Gasteiger partial charge in [0.25, 0.3) is 0 Å². The highest BCUT2D eigenvalue weighted by atomic mass is 16.5. The summed E-state index contributed by atoms with van der Waals surface area (Å²) in [5, 5.41) is 3.42. The van der Waals surface area contributed by atoms with E-state index in [9.17, 15) is 0 Å². The molecule has 162 valence electrons. The number of fused-ring (bicyclic) bond motifs is 1. The fraction of sp³-hybridized carbons (Fsp3) is 0.435. The van der Waals surface area contributed by atoms with Gasteiger partial charge in [-0.25, -0.2) is 4.99 Å². The molecule has 0 fully saturated rings. The zero-order valence-corrected chi connectivity index (χ0v) is 18.4. The molecule has 3 rings (SSSR count). The fourth-order valence-electron chi connectivity index (χ4n) is 3.73. The Hall–Kier alpha value is -3.09. The third-order valence-corrected chi connectivity index (χ3v) is 5.24. The molecule has 2 aromatic carbocycles. The van der Waals surface area contributed by atoms with E-state index in [1.54, 1.807) is 28.4 Å². The van der Waals surface area contributed by atoms with Crippen LogP contribution >= 0.6 is 0 Å². The average Bonchev–Trinajstić information content (AvgIpc) is 2.79. The van der Waals surface area contributed by atoms with Gasteiger partial charge in [0.2, 0.25) is 0 Å². The molecule has 0 atom stereocenters. The largest absolute Gasteiger partial charge is 0.493 e. The second kappa shape index (κ2) is 10.1. The van der Waals surface area contributed by atoms with E-state index in [0.717, 1.165) is 54.8 Å². The van der Waals surface area contributed by atoms with Crippen molar-refractivity contribution in [3.63, 3.8) is 0 Å². The maximum absolute atomic E-state index is 5.54. The molecule has 1 heterocycles. The van der Waals surface area contributed by atoms with Gasteiger partial charge in [0, 0.05) is 25.2 Å². The normalized spacial score (nSPS) is 13.5. The van der Waals surface area contributed by atoms with Crippen molar-refractivity contribution in [2.45, 2.75) is 26.4 Å². The minimum absolute atomic E-state index is 0.498. The van der Waals surface area contributed by atoms with Crippen LogP contribution in [0.2, 0.25) is 0 Å². The molecule has 0 aliphatic carbocycles. The Bertz CT molecular complexity index is 898. The van der Waals surface area contributed by atoms with E-state index >= 15 is 0 Å². The van der Waals surface area contributed by atoms with E-state index in [2.05, 4.69) is 29.3 Å². The number of para-hydroxylation sites is 1. The van der Waals surface area contributed by atoms with Crippen molar-refractivity contribution in [3.8, 4) is 23.0 Å². The first-order chi connectivity index (χ1) is 14.6. The molecule has 30 heavy (non-hydrogen) atoms. The lowest BCUT2D eigenvalue weighted by molar-refractivity contribution is 0.345. The number of guanidine groups is 1. The van der Waals surface area contributed by atoms with E-state index in [1.807, 2.05) is 18.2 Å². The van der Waals surface area contributed by atoms with E-state index in [1.165, 1.54) is 11.1 Å². The zero-order valence-electron chi connectivity index (χ0n) is 18.4. The monoisotopic (exact) mass is 413 g/mol. The first-order valence-corrected chi connectivity index (χ1v) is 10.1. The maximum atomic E-state index is 5.54. The molecule has 1 N–H and O–H groups in total. The van der Waals surface area contributed by atoms with Crippen LogP contribution in [0.1, 0.15) is 23.6 Å². The minimum atomic E-state index is 0.498. The number of aliphatic imine (C=N–C) groups is 1. The van der Waals surface area contributed by atoms with Gasteiger partial charge in [-0.15, -0.1) is 0 Å². The average molecular weight is 414 g/mol. The van der Waals surface area contributed by atoms with Crippen LogP contribution in [0.25, 0.3) is 0 Å². The van der Waals surface area contributed by atoms with Gasteiger partial charge < -0.3 is 29.2 Å². The summed E-state index contributed by atoms with van der Waals surface area (Å²) in [5.41, 5.74) is 3.49. The second-order valence-electron chi connectivity index (χ2n) is 6.97. The minimum Gasteiger partial charge on any atom is -0.493 e. The van der Waals surface area contributed by atoms with Crippen molar-refractivity contribution < 1.29 is 18.9 Å². The summed E-state index contributed by atoms with van der Waals surface area (Å²) in [7, 11) is 6.63. The molecule has 7 heteroatoms. The molecule has 0 amide bonds. The number of nitrogens with one attached hydrogen (secondary N) is 1. The summed E-state index contributed by atoms with van der Waals surface area (Å²) in [5.74, 6) is 3.84. The predicted molar refractivity (Wildman–Crippen MR) is 118 cm³/mol. The Balaban J connectivity index is 1.84. The summed E-state index contributed by atoms with van der Waals surface area (Å²) in [6.45, 7) is 5.01. The van der Waals surface area contributed by atoms with E-state index < -0.39 is 0 Å².